The van der Waals surface area contributed by atoms with Gasteiger partial charge in [-0.2, -0.15) is 0 Å². The lowest BCUT2D eigenvalue weighted by Crippen LogP contribution is -2.19. The molecule has 1 heterocycles. The second-order valence-corrected chi connectivity index (χ2v) is 4.63. The van der Waals surface area contributed by atoms with Crippen LogP contribution in [-0.2, 0) is 0 Å². The van der Waals surface area contributed by atoms with Gasteiger partial charge in [0.15, 0.2) is 0 Å². The van der Waals surface area contributed by atoms with Gasteiger partial charge in [0, 0.05) is 11.3 Å². The van der Waals surface area contributed by atoms with Gasteiger partial charge in [-0.25, -0.2) is 0 Å². The molecular formula is C12H16ClNS. The molecule has 15 heavy (non-hydrogen) atoms. The Kier molecular flexibility index (Phi) is 5.17. The van der Waals surface area contributed by atoms with Gasteiger partial charge in [-0.15, -0.1) is 23.2 Å². The largest absolute Gasteiger partial charge is 0.309 e. The number of aryl methyl sites for hydroxylation is 1. The molecule has 3 heteroatoms. The molecule has 82 valence electrons. The smallest absolute Gasteiger partial charge is 0.0590 e. The van der Waals surface area contributed by atoms with Crippen molar-refractivity contribution in [3.8, 4) is 11.8 Å². The second kappa shape index (κ2) is 6.17. The van der Waals surface area contributed by atoms with Gasteiger partial charge in [-0.3, -0.25) is 0 Å². The lowest BCUT2D eigenvalue weighted by molar-refractivity contribution is 0.574. The Morgan fingerprint density at radius 3 is 2.80 bits per heavy atom. The summed E-state index contributed by atoms with van der Waals surface area (Å²) in [6.07, 6.45) is 0.823. The van der Waals surface area contributed by atoms with Crippen molar-refractivity contribution in [1.82, 2.24) is 5.32 Å². The van der Waals surface area contributed by atoms with Gasteiger partial charge in [-0.1, -0.05) is 18.5 Å². The van der Waals surface area contributed by atoms with Crippen LogP contribution in [0.1, 0.15) is 36.8 Å². The summed E-state index contributed by atoms with van der Waals surface area (Å²) >= 11 is 7.95. The molecule has 0 aromatic carbocycles. The van der Waals surface area contributed by atoms with E-state index in [1.807, 2.05) is 13.8 Å². The van der Waals surface area contributed by atoms with Crippen LogP contribution in [0.25, 0.3) is 0 Å². The fraction of sp³-hybridized carbons (Fsp3) is 0.500. The normalized spacial score (nSPS) is 12.0. The number of halogens is 1. The second-order valence-electron chi connectivity index (χ2n) is 3.34. The van der Waals surface area contributed by atoms with Crippen molar-refractivity contribution >= 4 is 22.9 Å². The Hall–Kier alpha value is -0.490. The minimum Gasteiger partial charge on any atom is -0.309 e. The van der Waals surface area contributed by atoms with E-state index in [1.54, 1.807) is 11.3 Å². The number of nitrogens with one attached hydrogen (secondary N) is 1. The number of hydrogen-bond acceptors (Lipinski definition) is 2. The van der Waals surface area contributed by atoms with E-state index in [4.69, 9.17) is 11.6 Å². The lowest BCUT2D eigenvalue weighted by atomic mass is 10.1. The highest BCUT2D eigenvalue weighted by atomic mass is 35.5. The molecule has 1 nitrogen and oxygen atoms in total. The highest BCUT2D eigenvalue weighted by molar-refractivity contribution is 7.10. The molecule has 1 N–H and O–H groups in total. The molecule has 1 unspecified atom stereocenters. The van der Waals surface area contributed by atoms with Crippen LogP contribution >= 0.6 is 22.9 Å². The standard InChI is InChI=1S/C12H16ClNS/c1-4-6-7-10(14-5-2)12-11(13)9(3)8-15-12/h8,10,14H,5,7H2,1-3H3. The van der Waals surface area contributed by atoms with E-state index in [1.165, 1.54) is 4.88 Å². The van der Waals surface area contributed by atoms with Crippen molar-refractivity contribution in [2.24, 2.45) is 0 Å². The average Bonchev–Trinajstić information content (AvgIpc) is 2.55. The highest BCUT2D eigenvalue weighted by Gasteiger charge is 2.15. The lowest BCUT2D eigenvalue weighted by Gasteiger charge is -2.14. The van der Waals surface area contributed by atoms with Gasteiger partial charge >= 0.3 is 0 Å². The minimum atomic E-state index is 0.272. The third-order valence-corrected chi connectivity index (χ3v) is 4.00. The Balaban J connectivity index is 2.86. The maximum absolute atomic E-state index is 6.24. The predicted molar refractivity (Wildman–Crippen MR) is 68.6 cm³/mol. The molecule has 0 radical (unpaired) electrons. The molecule has 0 saturated carbocycles. The van der Waals surface area contributed by atoms with Crippen LogP contribution < -0.4 is 5.32 Å². The van der Waals surface area contributed by atoms with Gasteiger partial charge in [0.2, 0.25) is 0 Å². The summed E-state index contributed by atoms with van der Waals surface area (Å²) in [5, 5.41) is 6.40. The summed E-state index contributed by atoms with van der Waals surface area (Å²) in [5.41, 5.74) is 1.16. The topological polar surface area (TPSA) is 12.0 Å². The Labute approximate surface area is 101 Å². The third kappa shape index (κ3) is 3.24. The van der Waals surface area contributed by atoms with Gasteiger partial charge in [-0.05, 0) is 31.3 Å². The fourth-order valence-corrected chi connectivity index (χ4v) is 2.79. The number of rotatable bonds is 4. The van der Waals surface area contributed by atoms with Crippen LogP contribution in [-0.4, -0.2) is 6.54 Å². The van der Waals surface area contributed by atoms with Crippen molar-refractivity contribution in [1.29, 1.82) is 0 Å². The maximum Gasteiger partial charge on any atom is 0.0590 e. The van der Waals surface area contributed by atoms with E-state index in [9.17, 15) is 0 Å². The SMILES string of the molecule is CC#CCC(NCC)c1scc(C)c1Cl. The Morgan fingerprint density at radius 2 is 2.33 bits per heavy atom. The molecule has 0 aliphatic heterocycles. The number of thiophene rings is 1. The first-order chi connectivity index (χ1) is 7.20. The van der Waals surface area contributed by atoms with E-state index in [0.717, 1.165) is 23.6 Å². The predicted octanol–water partition coefficient (Wildman–Crippen LogP) is 3.77. The first kappa shape index (κ1) is 12.6. The molecule has 0 aliphatic rings. The van der Waals surface area contributed by atoms with Crippen LogP contribution in [0.3, 0.4) is 0 Å². The van der Waals surface area contributed by atoms with Gasteiger partial charge < -0.3 is 5.32 Å². The molecular weight excluding hydrogens is 226 g/mol. The zero-order chi connectivity index (χ0) is 11.3. The summed E-state index contributed by atoms with van der Waals surface area (Å²) in [6, 6.07) is 0.272. The first-order valence-electron chi connectivity index (χ1n) is 5.07. The summed E-state index contributed by atoms with van der Waals surface area (Å²) in [6.45, 7) is 6.94. The Bertz CT molecular complexity index is 373. The minimum absolute atomic E-state index is 0.272. The summed E-state index contributed by atoms with van der Waals surface area (Å²) in [4.78, 5) is 1.21. The molecule has 0 bridgehead atoms. The molecule has 0 amide bonds. The van der Waals surface area contributed by atoms with Crippen molar-refractivity contribution in [3.05, 3.63) is 20.8 Å². The molecule has 0 aliphatic carbocycles. The van der Waals surface area contributed by atoms with Gasteiger partial charge in [0.05, 0.1) is 11.1 Å². The zero-order valence-corrected chi connectivity index (χ0v) is 10.9. The maximum atomic E-state index is 6.24. The quantitative estimate of drug-likeness (QED) is 0.792. The van der Waals surface area contributed by atoms with E-state index in [-0.39, 0.29) is 6.04 Å². The number of hydrogen-bond donors (Lipinski definition) is 1. The Morgan fingerprint density at radius 1 is 1.60 bits per heavy atom. The van der Waals surface area contributed by atoms with Crippen molar-refractivity contribution in [2.75, 3.05) is 6.54 Å². The first-order valence-corrected chi connectivity index (χ1v) is 6.32. The summed E-state index contributed by atoms with van der Waals surface area (Å²) < 4.78 is 0. The third-order valence-electron chi connectivity index (χ3n) is 2.18. The molecule has 0 spiro atoms. The van der Waals surface area contributed by atoms with E-state index in [0.29, 0.717) is 0 Å². The van der Waals surface area contributed by atoms with Crippen LogP contribution in [0.5, 0.6) is 0 Å². The van der Waals surface area contributed by atoms with Gasteiger partial charge in [0.25, 0.3) is 0 Å². The average molecular weight is 242 g/mol. The van der Waals surface area contributed by atoms with Crippen LogP contribution in [0.4, 0.5) is 0 Å². The molecule has 1 aromatic heterocycles. The molecule has 1 aromatic rings. The van der Waals surface area contributed by atoms with Crippen LogP contribution in [0, 0.1) is 18.8 Å². The molecule has 0 fully saturated rings. The van der Waals surface area contributed by atoms with E-state index < -0.39 is 0 Å². The van der Waals surface area contributed by atoms with E-state index in [2.05, 4.69) is 29.5 Å². The monoisotopic (exact) mass is 241 g/mol. The zero-order valence-electron chi connectivity index (χ0n) is 9.36. The summed E-state index contributed by atoms with van der Waals surface area (Å²) in [7, 11) is 0. The van der Waals surface area contributed by atoms with Crippen LogP contribution in [0.15, 0.2) is 5.38 Å². The highest BCUT2D eigenvalue weighted by Crippen LogP contribution is 2.33. The molecule has 0 saturated heterocycles. The fourth-order valence-electron chi connectivity index (χ4n) is 1.39. The van der Waals surface area contributed by atoms with E-state index >= 15 is 0 Å². The van der Waals surface area contributed by atoms with Gasteiger partial charge in [0.1, 0.15) is 0 Å². The molecule has 1 atom stereocenters. The van der Waals surface area contributed by atoms with Crippen molar-refractivity contribution < 1.29 is 0 Å². The van der Waals surface area contributed by atoms with Crippen molar-refractivity contribution in [3.63, 3.8) is 0 Å². The van der Waals surface area contributed by atoms with Crippen LogP contribution in [0.2, 0.25) is 5.02 Å². The molecule has 1 rings (SSSR count). The summed E-state index contributed by atoms with van der Waals surface area (Å²) in [5.74, 6) is 6.03. The van der Waals surface area contributed by atoms with Crippen molar-refractivity contribution in [2.45, 2.75) is 33.2 Å².